The van der Waals surface area contributed by atoms with Crippen molar-refractivity contribution < 1.29 is 35.9 Å². The topological polar surface area (TPSA) is 92.8 Å². The van der Waals surface area contributed by atoms with Gasteiger partial charge in [-0.2, -0.15) is 13.2 Å². The monoisotopic (exact) mass is 650 g/mol. The third-order valence-electron chi connectivity index (χ3n) is 6.90. The molecule has 0 aromatic heterocycles. The Morgan fingerprint density at radius 3 is 2.29 bits per heavy atom. The van der Waals surface area contributed by atoms with E-state index in [9.17, 15) is 31.2 Å². The molecule has 0 radical (unpaired) electrons. The smallest absolute Gasteiger partial charge is 0.416 e. The molecule has 2 aromatic carbocycles. The van der Waals surface area contributed by atoms with Crippen molar-refractivity contribution in [1.82, 2.24) is 10.2 Å². The lowest BCUT2D eigenvalue weighted by Crippen LogP contribution is -2.35. The van der Waals surface area contributed by atoms with Gasteiger partial charge < -0.3 is 10.1 Å². The zero-order chi connectivity index (χ0) is 31.5. The molecule has 13 heteroatoms. The third kappa shape index (κ3) is 9.33. The van der Waals surface area contributed by atoms with E-state index in [0.29, 0.717) is 25.9 Å². The van der Waals surface area contributed by atoms with E-state index in [4.69, 9.17) is 27.9 Å². The van der Waals surface area contributed by atoms with Gasteiger partial charge in [0, 0.05) is 35.1 Å². The van der Waals surface area contributed by atoms with Gasteiger partial charge in [0.25, 0.3) is 5.91 Å². The molecular weight excluding hydrogens is 616 g/mol. The molecule has 1 fully saturated rings. The van der Waals surface area contributed by atoms with Crippen LogP contribution in [-0.4, -0.2) is 49.6 Å². The van der Waals surface area contributed by atoms with Crippen molar-refractivity contribution in [3.05, 3.63) is 62.6 Å². The first kappa shape index (κ1) is 34.2. The number of halogens is 5. The number of sulfone groups is 1. The molecule has 2 aromatic rings. The minimum absolute atomic E-state index is 0.0195. The van der Waals surface area contributed by atoms with Crippen LogP contribution in [0, 0.1) is 5.92 Å². The van der Waals surface area contributed by atoms with Crippen molar-refractivity contribution in [3.63, 3.8) is 0 Å². The van der Waals surface area contributed by atoms with Gasteiger partial charge in [0.2, 0.25) is 0 Å². The Balaban J connectivity index is 1.74. The predicted octanol–water partition coefficient (Wildman–Crippen LogP) is 6.68. The number of amides is 1. The van der Waals surface area contributed by atoms with E-state index >= 15 is 0 Å². The number of piperidine rings is 1. The number of rotatable bonds is 9. The van der Waals surface area contributed by atoms with Crippen LogP contribution in [0.5, 0.6) is 0 Å². The Morgan fingerprint density at radius 1 is 1.07 bits per heavy atom. The number of esters is 1. The van der Waals surface area contributed by atoms with E-state index < -0.39 is 33.1 Å². The molecule has 1 aliphatic rings. The molecule has 0 saturated carbocycles. The maximum absolute atomic E-state index is 14.1. The number of nitrogens with zero attached hydrogens (tertiary/aromatic N) is 1. The Morgan fingerprint density at radius 2 is 1.71 bits per heavy atom. The van der Waals surface area contributed by atoms with E-state index in [1.54, 1.807) is 20.8 Å². The van der Waals surface area contributed by atoms with E-state index in [1.807, 2.05) is 4.90 Å². The van der Waals surface area contributed by atoms with Gasteiger partial charge in [-0.05, 0) is 94.1 Å². The quantitative estimate of drug-likeness (QED) is 0.304. The van der Waals surface area contributed by atoms with Crippen molar-refractivity contribution in [2.24, 2.45) is 5.92 Å². The second kappa shape index (κ2) is 13.5. The summed E-state index contributed by atoms with van der Waals surface area (Å²) in [4.78, 5) is 26.9. The van der Waals surface area contributed by atoms with Crippen LogP contribution >= 0.6 is 23.2 Å². The number of carbonyl (C=O) groups is 2. The molecule has 1 amide bonds. The minimum Gasteiger partial charge on any atom is -0.460 e. The molecule has 232 valence electrons. The van der Waals surface area contributed by atoms with Gasteiger partial charge in [0.15, 0.2) is 9.84 Å². The molecule has 0 spiro atoms. The molecule has 1 aliphatic heterocycles. The van der Waals surface area contributed by atoms with E-state index in [0.717, 1.165) is 6.07 Å². The zero-order valence-electron chi connectivity index (χ0n) is 23.9. The van der Waals surface area contributed by atoms with Gasteiger partial charge in [-0.1, -0.05) is 30.1 Å². The largest absolute Gasteiger partial charge is 0.460 e. The van der Waals surface area contributed by atoms with Gasteiger partial charge in [0.1, 0.15) is 5.60 Å². The Bertz CT molecular complexity index is 1420. The molecule has 1 N–H and O–H groups in total. The van der Waals surface area contributed by atoms with Gasteiger partial charge >= 0.3 is 12.1 Å². The van der Waals surface area contributed by atoms with E-state index in [1.165, 1.54) is 31.2 Å². The van der Waals surface area contributed by atoms with Crippen LogP contribution in [0.15, 0.2) is 35.2 Å². The fourth-order valence-corrected chi connectivity index (χ4v) is 6.39. The van der Waals surface area contributed by atoms with Gasteiger partial charge in [-0.15, -0.1) is 0 Å². The summed E-state index contributed by atoms with van der Waals surface area (Å²) >= 11 is 12.4. The highest BCUT2D eigenvalue weighted by molar-refractivity contribution is 7.91. The molecule has 0 bridgehead atoms. The van der Waals surface area contributed by atoms with Crippen LogP contribution in [0.2, 0.25) is 10.0 Å². The van der Waals surface area contributed by atoms with Crippen LogP contribution in [0.3, 0.4) is 0 Å². The fourth-order valence-electron chi connectivity index (χ4n) is 4.80. The summed E-state index contributed by atoms with van der Waals surface area (Å²) in [7, 11) is -3.64. The summed E-state index contributed by atoms with van der Waals surface area (Å²) < 4.78 is 72.7. The minimum atomic E-state index is -4.78. The number of likely N-dealkylation sites (tertiary alicyclic amines) is 1. The average molecular weight is 652 g/mol. The Kier molecular flexibility index (Phi) is 11.0. The first-order chi connectivity index (χ1) is 19.4. The fraction of sp³-hybridized carbons (Fsp3) is 0.517. The highest BCUT2D eigenvalue weighted by Crippen LogP contribution is 2.37. The normalized spacial score (nSPS) is 15.5. The number of hydrogen-bond donors (Lipinski definition) is 1. The standard InChI is InChI=1S/C29H35Cl2F3N2O5S/c1-5-42(39,40)25-7-6-21(30)13-20(25)16-35-27(38)19-14-23(29(32,33)34)22(24(31)15-19)17-36-10-8-18(9-11-36)12-26(37)41-28(2,3)4/h6-7,13-15,18H,5,8-12,16-17H2,1-4H3,(H,35,38). The molecule has 0 unspecified atom stereocenters. The summed E-state index contributed by atoms with van der Waals surface area (Å²) in [6.45, 7) is 7.46. The lowest BCUT2D eigenvalue weighted by atomic mass is 9.92. The molecule has 0 aliphatic carbocycles. The van der Waals surface area contributed by atoms with Gasteiger partial charge in [-0.3, -0.25) is 14.5 Å². The van der Waals surface area contributed by atoms with Crippen LogP contribution in [-0.2, 0) is 38.6 Å². The zero-order valence-corrected chi connectivity index (χ0v) is 26.2. The van der Waals surface area contributed by atoms with Crippen molar-refractivity contribution in [2.75, 3.05) is 18.8 Å². The number of benzene rings is 2. The molecule has 0 atom stereocenters. The van der Waals surface area contributed by atoms with Crippen molar-refractivity contribution >= 4 is 44.9 Å². The van der Waals surface area contributed by atoms with Gasteiger partial charge in [0.05, 0.1) is 16.2 Å². The summed E-state index contributed by atoms with van der Waals surface area (Å²) in [5.74, 6) is -1.25. The van der Waals surface area contributed by atoms with E-state index in [-0.39, 0.29) is 68.8 Å². The lowest BCUT2D eigenvalue weighted by Gasteiger charge is -2.33. The maximum Gasteiger partial charge on any atom is 0.416 e. The summed E-state index contributed by atoms with van der Waals surface area (Å²) in [6, 6.07) is 6.06. The first-order valence-corrected chi connectivity index (χ1v) is 15.9. The van der Waals surface area contributed by atoms with Crippen molar-refractivity contribution in [3.8, 4) is 0 Å². The summed E-state index contributed by atoms with van der Waals surface area (Å²) in [5.41, 5.74) is -1.84. The SMILES string of the molecule is CCS(=O)(=O)c1ccc(Cl)cc1CNC(=O)c1cc(Cl)c(CN2CCC(CC(=O)OC(C)(C)C)CC2)c(C(F)(F)F)c1. The highest BCUT2D eigenvalue weighted by Gasteiger charge is 2.36. The molecule has 42 heavy (non-hydrogen) atoms. The van der Waals surface area contributed by atoms with Crippen molar-refractivity contribution in [2.45, 2.75) is 76.7 Å². The number of nitrogens with one attached hydrogen (secondary N) is 1. The van der Waals surface area contributed by atoms with Crippen LogP contribution in [0.4, 0.5) is 13.2 Å². The van der Waals surface area contributed by atoms with Crippen LogP contribution in [0.25, 0.3) is 0 Å². The number of ether oxygens (including phenoxy) is 1. The molecular formula is C29H35Cl2F3N2O5S. The summed E-state index contributed by atoms with van der Waals surface area (Å²) in [5, 5.41) is 2.52. The molecule has 1 saturated heterocycles. The average Bonchev–Trinajstić information content (AvgIpc) is 2.87. The highest BCUT2D eigenvalue weighted by atomic mass is 35.5. The molecule has 1 heterocycles. The Labute approximate surface area is 254 Å². The number of hydrogen-bond acceptors (Lipinski definition) is 6. The Hall–Kier alpha value is -2.34. The summed E-state index contributed by atoms with van der Waals surface area (Å²) in [6.07, 6.45) is -3.28. The molecule has 7 nitrogen and oxygen atoms in total. The lowest BCUT2D eigenvalue weighted by molar-refractivity contribution is -0.156. The second-order valence-electron chi connectivity index (χ2n) is 11.3. The second-order valence-corrected chi connectivity index (χ2v) is 14.4. The third-order valence-corrected chi connectivity index (χ3v) is 9.31. The first-order valence-electron chi connectivity index (χ1n) is 13.5. The predicted molar refractivity (Wildman–Crippen MR) is 155 cm³/mol. The van der Waals surface area contributed by atoms with Crippen LogP contribution < -0.4 is 5.32 Å². The molecule has 3 rings (SSSR count). The number of alkyl halides is 3. The maximum atomic E-state index is 14.1. The van der Waals surface area contributed by atoms with E-state index in [2.05, 4.69) is 5.32 Å². The van der Waals surface area contributed by atoms with Crippen LogP contribution in [0.1, 0.15) is 74.0 Å². The number of carbonyl (C=O) groups excluding carboxylic acids is 2. The van der Waals surface area contributed by atoms with Gasteiger partial charge in [-0.25, -0.2) is 8.42 Å². The van der Waals surface area contributed by atoms with Crippen molar-refractivity contribution in [1.29, 1.82) is 0 Å².